The smallest absolute Gasteiger partial charge is 0.00482 e. The quantitative estimate of drug-likeness (QED) is 0.493. The van der Waals surface area contributed by atoms with Gasteiger partial charge in [0.2, 0.25) is 0 Å². The van der Waals surface area contributed by atoms with E-state index < -0.39 is 0 Å². The van der Waals surface area contributed by atoms with Gasteiger partial charge in [-0.05, 0) is 38.8 Å². The molecule has 0 fully saturated rings. The summed E-state index contributed by atoms with van der Waals surface area (Å²) in [6.45, 7) is 6.28. The van der Waals surface area contributed by atoms with Crippen molar-refractivity contribution in [3.05, 3.63) is 0 Å². The van der Waals surface area contributed by atoms with Crippen molar-refractivity contribution < 1.29 is 0 Å². The van der Waals surface area contributed by atoms with Crippen LogP contribution in [0.4, 0.5) is 0 Å². The van der Waals surface area contributed by atoms with Crippen LogP contribution >= 0.6 is 0 Å². The summed E-state index contributed by atoms with van der Waals surface area (Å²) >= 11 is 0. The molecule has 0 aromatic heterocycles. The lowest BCUT2D eigenvalue weighted by atomic mass is 10.1. The maximum atomic E-state index is 5.78. The van der Waals surface area contributed by atoms with Gasteiger partial charge in [-0.3, -0.25) is 0 Å². The summed E-state index contributed by atoms with van der Waals surface area (Å²) in [5.74, 6) is 0. The predicted molar refractivity (Wildman–Crippen MR) is 58.6 cm³/mol. The van der Waals surface area contributed by atoms with Crippen LogP contribution in [0.25, 0.3) is 0 Å². The zero-order valence-corrected chi connectivity index (χ0v) is 9.05. The fourth-order valence-corrected chi connectivity index (χ4v) is 1.11. The molecule has 0 aliphatic carbocycles. The van der Waals surface area contributed by atoms with Gasteiger partial charge in [0.25, 0.3) is 0 Å². The van der Waals surface area contributed by atoms with Crippen LogP contribution < -0.4 is 16.8 Å². The minimum Gasteiger partial charge on any atom is -0.328 e. The van der Waals surface area contributed by atoms with Crippen LogP contribution in [-0.4, -0.2) is 25.2 Å². The van der Waals surface area contributed by atoms with Crippen molar-refractivity contribution in [3.8, 4) is 0 Å². The van der Waals surface area contributed by atoms with Crippen LogP contribution in [0.3, 0.4) is 0 Å². The average molecular weight is 187 g/mol. The summed E-state index contributed by atoms with van der Waals surface area (Å²) in [6.07, 6.45) is 4.27. The molecule has 2 atom stereocenters. The Kier molecular flexibility index (Phi) is 8.40. The van der Waals surface area contributed by atoms with Gasteiger partial charge in [0, 0.05) is 12.1 Å². The third-order valence-electron chi connectivity index (χ3n) is 2.43. The molecule has 0 aromatic rings. The average Bonchev–Trinajstić information content (AvgIpc) is 2.16. The van der Waals surface area contributed by atoms with Gasteiger partial charge < -0.3 is 16.8 Å². The normalized spacial score (nSPS) is 15.7. The first-order chi connectivity index (χ1) is 6.20. The van der Waals surface area contributed by atoms with E-state index >= 15 is 0 Å². The lowest BCUT2D eigenvalue weighted by Gasteiger charge is -2.11. The summed E-state index contributed by atoms with van der Waals surface area (Å²) < 4.78 is 0. The maximum absolute atomic E-state index is 5.78. The van der Waals surface area contributed by atoms with Crippen molar-refractivity contribution in [2.45, 2.75) is 51.6 Å². The summed E-state index contributed by atoms with van der Waals surface area (Å²) in [5.41, 5.74) is 11.6. The number of hydrogen-bond acceptors (Lipinski definition) is 3. The third kappa shape index (κ3) is 8.22. The molecule has 0 radical (unpaired) electrons. The molecular weight excluding hydrogens is 162 g/mol. The SMILES string of the molecule is CCC(N)CCNCCC(N)CC. The van der Waals surface area contributed by atoms with E-state index in [0.717, 1.165) is 38.8 Å². The standard InChI is InChI=1S/C10H25N3/c1-3-9(11)5-7-13-8-6-10(12)4-2/h9-10,13H,3-8,11-12H2,1-2H3. The second kappa shape index (κ2) is 8.48. The van der Waals surface area contributed by atoms with E-state index in [1.165, 1.54) is 0 Å². The summed E-state index contributed by atoms with van der Waals surface area (Å²) in [7, 11) is 0. The van der Waals surface area contributed by atoms with Crippen LogP contribution in [0.5, 0.6) is 0 Å². The van der Waals surface area contributed by atoms with E-state index in [1.807, 2.05) is 0 Å². The van der Waals surface area contributed by atoms with Gasteiger partial charge in [0.1, 0.15) is 0 Å². The van der Waals surface area contributed by atoms with E-state index in [1.54, 1.807) is 0 Å². The first-order valence-electron chi connectivity index (χ1n) is 5.42. The molecule has 0 spiro atoms. The largest absolute Gasteiger partial charge is 0.328 e. The van der Waals surface area contributed by atoms with Crippen LogP contribution in [0.15, 0.2) is 0 Å². The minimum atomic E-state index is 0.354. The van der Waals surface area contributed by atoms with Crippen molar-refractivity contribution in [3.63, 3.8) is 0 Å². The Morgan fingerprint density at radius 2 is 1.31 bits per heavy atom. The highest BCUT2D eigenvalue weighted by atomic mass is 14.9. The van der Waals surface area contributed by atoms with Crippen molar-refractivity contribution in [2.24, 2.45) is 11.5 Å². The Labute approximate surface area is 82.3 Å². The Morgan fingerprint density at radius 3 is 1.62 bits per heavy atom. The van der Waals surface area contributed by atoms with Gasteiger partial charge in [-0.25, -0.2) is 0 Å². The van der Waals surface area contributed by atoms with Crippen molar-refractivity contribution >= 4 is 0 Å². The molecule has 0 bridgehead atoms. The fourth-order valence-electron chi connectivity index (χ4n) is 1.11. The molecule has 0 amide bonds. The Hall–Kier alpha value is -0.120. The zero-order chi connectivity index (χ0) is 10.1. The summed E-state index contributed by atoms with van der Waals surface area (Å²) in [6, 6.07) is 0.708. The molecule has 0 saturated heterocycles. The van der Waals surface area contributed by atoms with Crippen LogP contribution in [0.1, 0.15) is 39.5 Å². The molecule has 0 aromatic carbocycles. The lowest BCUT2D eigenvalue weighted by molar-refractivity contribution is 0.514. The van der Waals surface area contributed by atoms with E-state index in [4.69, 9.17) is 11.5 Å². The minimum absolute atomic E-state index is 0.354. The first-order valence-corrected chi connectivity index (χ1v) is 5.42. The van der Waals surface area contributed by atoms with Gasteiger partial charge in [-0.1, -0.05) is 13.8 Å². The monoisotopic (exact) mass is 187 g/mol. The molecule has 0 aliphatic heterocycles. The van der Waals surface area contributed by atoms with E-state index in [0.29, 0.717) is 12.1 Å². The van der Waals surface area contributed by atoms with Crippen LogP contribution in [0, 0.1) is 0 Å². The molecule has 0 aliphatic rings. The highest BCUT2D eigenvalue weighted by molar-refractivity contribution is 4.63. The third-order valence-corrected chi connectivity index (χ3v) is 2.43. The molecular formula is C10H25N3. The van der Waals surface area contributed by atoms with E-state index in [9.17, 15) is 0 Å². The van der Waals surface area contributed by atoms with Gasteiger partial charge in [-0.15, -0.1) is 0 Å². The molecule has 13 heavy (non-hydrogen) atoms. The molecule has 3 heteroatoms. The molecule has 2 unspecified atom stereocenters. The first kappa shape index (κ1) is 12.9. The van der Waals surface area contributed by atoms with Crippen LogP contribution in [0.2, 0.25) is 0 Å². The number of rotatable bonds is 8. The lowest BCUT2D eigenvalue weighted by Crippen LogP contribution is -2.29. The topological polar surface area (TPSA) is 64.1 Å². The number of hydrogen-bond donors (Lipinski definition) is 3. The van der Waals surface area contributed by atoms with Crippen LogP contribution in [-0.2, 0) is 0 Å². The maximum Gasteiger partial charge on any atom is 0.00482 e. The van der Waals surface area contributed by atoms with Gasteiger partial charge in [0.15, 0.2) is 0 Å². The second-order valence-electron chi connectivity index (χ2n) is 3.66. The number of nitrogens with two attached hydrogens (primary N) is 2. The highest BCUT2D eigenvalue weighted by Crippen LogP contribution is 1.93. The van der Waals surface area contributed by atoms with E-state index in [2.05, 4.69) is 19.2 Å². The Balaban J connectivity index is 3.08. The van der Waals surface area contributed by atoms with E-state index in [-0.39, 0.29) is 0 Å². The molecule has 80 valence electrons. The fraction of sp³-hybridized carbons (Fsp3) is 1.00. The predicted octanol–water partition coefficient (Wildman–Crippen LogP) is 0.831. The highest BCUT2D eigenvalue weighted by Gasteiger charge is 1.99. The zero-order valence-electron chi connectivity index (χ0n) is 9.05. The van der Waals surface area contributed by atoms with Gasteiger partial charge in [-0.2, -0.15) is 0 Å². The summed E-state index contributed by atoms with van der Waals surface area (Å²) in [5, 5.41) is 3.36. The molecule has 3 nitrogen and oxygen atoms in total. The van der Waals surface area contributed by atoms with Crippen molar-refractivity contribution in [1.82, 2.24) is 5.32 Å². The Morgan fingerprint density at radius 1 is 0.923 bits per heavy atom. The molecule has 5 N–H and O–H groups in total. The molecule has 0 rings (SSSR count). The van der Waals surface area contributed by atoms with Gasteiger partial charge in [0.05, 0.1) is 0 Å². The molecule has 0 heterocycles. The molecule has 0 saturated carbocycles. The van der Waals surface area contributed by atoms with Crippen molar-refractivity contribution in [1.29, 1.82) is 0 Å². The number of nitrogens with one attached hydrogen (secondary N) is 1. The second-order valence-corrected chi connectivity index (χ2v) is 3.66. The Bertz CT molecular complexity index is 94.3. The summed E-state index contributed by atoms with van der Waals surface area (Å²) in [4.78, 5) is 0. The van der Waals surface area contributed by atoms with Gasteiger partial charge >= 0.3 is 0 Å². The van der Waals surface area contributed by atoms with Crippen molar-refractivity contribution in [2.75, 3.05) is 13.1 Å².